The number of rotatable bonds is 4. The minimum Gasteiger partial charge on any atom is -0.310 e. The third-order valence-electron chi connectivity index (χ3n) is 4.48. The van der Waals surface area contributed by atoms with Crippen molar-refractivity contribution in [1.29, 1.82) is 0 Å². The highest BCUT2D eigenvalue weighted by molar-refractivity contribution is 6.42. The van der Waals surface area contributed by atoms with E-state index in [9.17, 15) is 0 Å². The number of fused-ring (bicyclic) bond motifs is 1. The van der Waals surface area contributed by atoms with E-state index < -0.39 is 0 Å². The van der Waals surface area contributed by atoms with Gasteiger partial charge in [-0.3, -0.25) is 0 Å². The van der Waals surface area contributed by atoms with Gasteiger partial charge in [0, 0.05) is 12.0 Å². The van der Waals surface area contributed by atoms with E-state index >= 15 is 0 Å². The normalized spacial score (nSPS) is 20.7. The third-order valence-corrected chi connectivity index (χ3v) is 5.22. The van der Waals surface area contributed by atoms with E-state index in [0.29, 0.717) is 22.0 Å². The van der Waals surface area contributed by atoms with E-state index in [1.807, 2.05) is 12.1 Å². The van der Waals surface area contributed by atoms with Crippen LogP contribution >= 0.6 is 23.2 Å². The Morgan fingerprint density at radius 1 is 1.00 bits per heavy atom. The summed E-state index contributed by atoms with van der Waals surface area (Å²) in [7, 11) is 0. The van der Waals surface area contributed by atoms with Gasteiger partial charge in [-0.05, 0) is 54.6 Å². The number of hydrogen-bond donors (Lipinski definition) is 1. The van der Waals surface area contributed by atoms with Crippen LogP contribution in [0.1, 0.15) is 54.8 Å². The fourth-order valence-corrected chi connectivity index (χ4v) is 3.70. The summed E-state index contributed by atoms with van der Waals surface area (Å²) < 4.78 is 0. The number of benzene rings is 2. The molecule has 0 unspecified atom stereocenters. The molecule has 0 saturated carbocycles. The molecule has 2 atom stereocenters. The minimum atomic E-state index is 0.408. The summed E-state index contributed by atoms with van der Waals surface area (Å²) in [6.45, 7) is 3.27. The molecule has 0 aliphatic heterocycles. The molecule has 0 fully saturated rings. The second-order valence-electron chi connectivity index (χ2n) is 5.94. The highest BCUT2D eigenvalue weighted by atomic mass is 35.5. The van der Waals surface area contributed by atoms with Crippen LogP contribution in [0.15, 0.2) is 42.5 Å². The molecule has 116 valence electrons. The van der Waals surface area contributed by atoms with E-state index in [1.54, 1.807) is 0 Å². The molecule has 0 aromatic heterocycles. The van der Waals surface area contributed by atoms with Crippen LogP contribution in [-0.2, 0) is 0 Å². The predicted molar refractivity (Wildman–Crippen MR) is 95.0 cm³/mol. The average molecular weight is 334 g/mol. The molecule has 0 amide bonds. The van der Waals surface area contributed by atoms with E-state index in [-0.39, 0.29) is 0 Å². The number of halogens is 2. The van der Waals surface area contributed by atoms with Crippen molar-refractivity contribution < 1.29 is 0 Å². The SMILES string of the molecule is CCCN[C@@H]1CC[C@@H](c2ccc(Cl)c(Cl)c2)c2ccccc21. The Hall–Kier alpha value is -1.02. The first-order valence-electron chi connectivity index (χ1n) is 7.98. The third kappa shape index (κ3) is 3.17. The van der Waals surface area contributed by atoms with Gasteiger partial charge in [0.15, 0.2) is 0 Å². The maximum absolute atomic E-state index is 6.21. The molecule has 0 spiro atoms. The summed E-state index contributed by atoms with van der Waals surface area (Å²) in [6, 6.07) is 15.3. The lowest BCUT2D eigenvalue weighted by Crippen LogP contribution is -2.27. The molecule has 0 heterocycles. The van der Waals surface area contributed by atoms with Gasteiger partial charge in [-0.1, -0.05) is 60.5 Å². The van der Waals surface area contributed by atoms with E-state index in [2.05, 4.69) is 42.6 Å². The highest BCUT2D eigenvalue weighted by Crippen LogP contribution is 2.42. The van der Waals surface area contributed by atoms with Crippen molar-refractivity contribution in [2.45, 2.75) is 38.1 Å². The Labute approximate surface area is 142 Å². The minimum absolute atomic E-state index is 0.408. The lowest BCUT2D eigenvalue weighted by molar-refractivity contribution is 0.441. The topological polar surface area (TPSA) is 12.0 Å². The molecule has 1 N–H and O–H groups in total. The van der Waals surface area contributed by atoms with Crippen LogP contribution in [0, 0.1) is 0 Å². The second-order valence-corrected chi connectivity index (χ2v) is 6.75. The van der Waals surface area contributed by atoms with Crippen molar-refractivity contribution in [2.75, 3.05) is 6.54 Å². The molecule has 3 rings (SSSR count). The summed E-state index contributed by atoms with van der Waals surface area (Å²) in [6.07, 6.45) is 3.45. The first-order valence-corrected chi connectivity index (χ1v) is 8.73. The molecule has 1 aliphatic rings. The van der Waals surface area contributed by atoms with Crippen molar-refractivity contribution in [1.82, 2.24) is 5.32 Å². The molecule has 3 heteroatoms. The van der Waals surface area contributed by atoms with Crippen LogP contribution in [0.4, 0.5) is 0 Å². The fourth-order valence-electron chi connectivity index (χ4n) is 3.40. The monoisotopic (exact) mass is 333 g/mol. The van der Waals surface area contributed by atoms with Gasteiger partial charge in [0.25, 0.3) is 0 Å². The van der Waals surface area contributed by atoms with Crippen molar-refractivity contribution in [3.63, 3.8) is 0 Å². The molecule has 2 aromatic rings. The van der Waals surface area contributed by atoms with Crippen molar-refractivity contribution >= 4 is 23.2 Å². The summed E-state index contributed by atoms with van der Waals surface area (Å²) in [4.78, 5) is 0. The molecule has 0 radical (unpaired) electrons. The fraction of sp³-hybridized carbons (Fsp3) is 0.368. The summed E-state index contributed by atoms with van der Waals surface area (Å²) in [5.74, 6) is 0.408. The van der Waals surface area contributed by atoms with Crippen molar-refractivity contribution in [3.05, 3.63) is 69.2 Å². The van der Waals surface area contributed by atoms with Gasteiger partial charge >= 0.3 is 0 Å². The van der Waals surface area contributed by atoms with Crippen LogP contribution in [-0.4, -0.2) is 6.54 Å². The van der Waals surface area contributed by atoms with Crippen LogP contribution in [0.5, 0.6) is 0 Å². The van der Waals surface area contributed by atoms with Crippen molar-refractivity contribution in [3.8, 4) is 0 Å². The Morgan fingerprint density at radius 3 is 2.50 bits per heavy atom. The maximum Gasteiger partial charge on any atom is 0.0595 e. The largest absolute Gasteiger partial charge is 0.310 e. The smallest absolute Gasteiger partial charge is 0.0595 e. The molecule has 0 saturated heterocycles. The summed E-state index contributed by atoms with van der Waals surface area (Å²) in [5, 5.41) is 4.94. The summed E-state index contributed by atoms with van der Waals surface area (Å²) >= 11 is 12.3. The lowest BCUT2D eigenvalue weighted by Gasteiger charge is -2.32. The van der Waals surface area contributed by atoms with Crippen LogP contribution in [0.25, 0.3) is 0 Å². The standard InChI is InChI=1S/C19H21Cl2N/c1-2-11-22-19-10-8-14(15-5-3-4-6-16(15)19)13-7-9-17(20)18(21)12-13/h3-7,9,12,14,19,22H,2,8,10-11H2,1H3/t14-,19+/m0/s1. The number of nitrogens with one attached hydrogen (secondary N) is 1. The zero-order valence-electron chi connectivity index (χ0n) is 12.8. The zero-order valence-corrected chi connectivity index (χ0v) is 14.3. The Balaban J connectivity index is 1.95. The van der Waals surface area contributed by atoms with E-state index in [0.717, 1.165) is 25.8 Å². The van der Waals surface area contributed by atoms with Gasteiger partial charge < -0.3 is 5.32 Å². The van der Waals surface area contributed by atoms with Gasteiger partial charge in [-0.15, -0.1) is 0 Å². The molecular weight excluding hydrogens is 313 g/mol. The predicted octanol–water partition coefficient (Wildman–Crippen LogP) is 5.96. The molecule has 22 heavy (non-hydrogen) atoms. The van der Waals surface area contributed by atoms with Gasteiger partial charge in [0.1, 0.15) is 0 Å². The summed E-state index contributed by atoms with van der Waals surface area (Å²) in [5.41, 5.74) is 4.11. The quantitative estimate of drug-likeness (QED) is 0.727. The average Bonchev–Trinajstić information content (AvgIpc) is 2.55. The highest BCUT2D eigenvalue weighted by Gasteiger charge is 2.27. The molecule has 1 aliphatic carbocycles. The first kappa shape index (κ1) is 15.9. The van der Waals surface area contributed by atoms with Gasteiger partial charge in [0.2, 0.25) is 0 Å². The molecule has 1 nitrogen and oxygen atoms in total. The van der Waals surface area contributed by atoms with Gasteiger partial charge in [-0.2, -0.15) is 0 Å². The lowest BCUT2D eigenvalue weighted by atomic mass is 9.77. The van der Waals surface area contributed by atoms with Gasteiger partial charge in [0.05, 0.1) is 10.0 Å². The molecule has 2 aromatic carbocycles. The van der Waals surface area contributed by atoms with Gasteiger partial charge in [-0.25, -0.2) is 0 Å². The maximum atomic E-state index is 6.21. The Kier molecular flexibility index (Phi) is 5.07. The van der Waals surface area contributed by atoms with Crippen LogP contribution < -0.4 is 5.32 Å². The Morgan fingerprint density at radius 2 is 1.77 bits per heavy atom. The van der Waals surface area contributed by atoms with Crippen molar-refractivity contribution in [2.24, 2.45) is 0 Å². The first-order chi connectivity index (χ1) is 10.7. The zero-order chi connectivity index (χ0) is 15.5. The van der Waals surface area contributed by atoms with E-state index in [1.165, 1.54) is 16.7 Å². The molecular formula is C19H21Cl2N. The molecule has 0 bridgehead atoms. The Bertz CT molecular complexity index is 654. The number of hydrogen-bond acceptors (Lipinski definition) is 1. The van der Waals surface area contributed by atoms with E-state index in [4.69, 9.17) is 23.2 Å². The second kappa shape index (κ2) is 7.04. The van der Waals surface area contributed by atoms with Crippen LogP contribution in [0.3, 0.4) is 0 Å². The van der Waals surface area contributed by atoms with Crippen LogP contribution in [0.2, 0.25) is 10.0 Å².